The summed E-state index contributed by atoms with van der Waals surface area (Å²) in [5, 5.41) is 3.50. The van der Waals surface area contributed by atoms with Crippen LogP contribution in [0.4, 0.5) is 0 Å². The van der Waals surface area contributed by atoms with Gasteiger partial charge in [-0.05, 0) is 31.7 Å². The Kier molecular flexibility index (Phi) is 4.27. The molecule has 114 valence electrons. The minimum absolute atomic E-state index is 0.000972. The van der Waals surface area contributed by atoms with E-state index in [0.717, 1.165) is 25.9 Å². The molecular formula is C17H24N2O2. The lowest BCUT2D eigenvalue weighted by Gasteiger charge is -2.37. The Hall–Kier alpha value is -1.39. The van der Waals surface area contributed by atoms with Crippen LogP contribution in [0.3, 0.4) is 0 Å². The van der Waals surface area contributed by atoms with E-state index in [4.69, 9.17) is 4.74 Å². The molecule has 2 fully saturated rings. The van der Waals surface area contributed by atoms with Crippen LogP contribution >= 0.6 is 0 Å². The molecule has 1 aromatic rings. The zero-order chi connectivity index (χ0) is 14.8. The Labute approximate surface area is 126 Å². The van der Waals surface area contributed by atoms with Crippen LogP contribution in [0, 0.1) is 0 Å². The molecule has 0 bridgehead atoms. The standard InChI is InChI=1S/C17H24N2O2/c1-3-15-17(20)19(14-9-10-21-12(2)11-14)16(18-15)13-7-5-4-6-8-13/h4-8,12,14-16,18H,3,9-11H2,1-2H3. The Bertz CT molecular complexity index is 491. The summed E-state index contributed by atoms with van der Waals surface area (Å²) < 4.78 is 5.64. The topological polar surface area (TPSA) is 41.6 Å². The number of benzene rings is 1. The van der Waals surface area contributed by atoms with Crippen LogP contribution in [0.5, 0.6) is 0 Å². The van der Waals surface area contributed by atoms with Crippen molar-refractivity contribution in [2.75, 3.05) is 6.61 Å². The first-order valence-corrected chi connectivity index (χ1v) is 7.95. The average molecular weight is 288 g/mol. The van der Waals surface area contributed by atoms with E-state index in [0.29, 0.717) is 0 Å². The van der Waals surface area contributed by atoms with E-state index in [1.165, 1.54) is 5.56 Å². The summed E-state index contributed by atoms with van der Waals surface area (Å²) in [6.45, 7) is 4.90. The van der Waals surface area contributed by atoms with Gasteiger partial charge in [-0.2, -0.15) is 0 Å². The highest BCUT2D eigenvalue weighted by atomic mass is 16.5. The molecule has 2 aliphatic heterocycles. The van der Waals surface area contributed by atoms with Gasteiger partial charge < -0.3 is 9.64 Å². The number of hydrogen-bond donors (Lipinski definition) is 1. The zero-order valence-corrected chi connectivity index (χ0v) is 12.8. The van der Waals surface area contributed by atoms with Gasteiger partial charge in [0.1, 0.15) is 6.17 Å². The highest BCUT2D eigenvalue weighted by Gasteiger charge is 2.43. The highest BCUT2D eigenvalue weighted by Crippen LogP contribution is 2.32. The summed E-state index contributed by atoms with van der Waals surface area (Å²) in [5.74, 6) is 0.241. The molecule has 4 heteroatoms. The molecule has 3 rings (SSSR count). The van der Waals surface area contributed by atoms with Gasteiger partial charge in [0.25, 0.3) is 0 Å². The number of rotatable bonds is 3. The van der Waals surface area contributed by atoms with Crippen LogP contribution in [-0.2, 0) is 9.53 Å². The van der Waals surface area contributed by atoms with E-state index in [2.05, 4.69) is 36.2 Å². The van der Waals surface area contributed by atoms with Gasteiger partial charge >= 0.3 is 0 Å². The predicted octanol–water partition coefficient (Wildman–Crippen LogP) is 2.46. The van der Waals surface area contributed by atoms with Crippen molar-refractivity contribution in [2.45, 2.75) is 57.5 Å². The Morgan fingerprint density at radius 2 is 2.10 bits per heavy atom. The number of amides is 1. The minimum atomic E-state index is -0.0617. The number of nitrogens with zero attached hydrogens (tertiary/aromatic N) is 1. The van der Waals surface area contributed by atoms with Crippen molar-refractivity contribution in [2.24, 2.45) is 0 Å². The zero-order valence-electron chi connectivity index (χ0n) is 12.8. The Morgan fingerprint density at radius 1 is 1.33 bits per heavy atom. The summed E-state index contributed by atoms with van der Waals surface area (Å²) in [6, 6.07) is 10.5. The Morgan fingerprint density at radius 3 is 2.76 bits per heavy atom. The van der Waals surface area contributed by atoms with Crippen LogP contribution in [-0.4, -0.2) is 35.6 Å². The molecule has 0 aromatic heterocycles. The van der Waals surface area contributed by atoms with Gasteiger partial charge in [0.15, 0.2) is 0 Å². The summed E-state index contributed by atoms with van der Waals surface area (Å²) >= 11 is 0. The second kappa shape index (κ2) is 6.16. The lowest BCUT2D eigenvalue weighted by atomic mass is 10.0. The molecule has 2 saturated heterocycles. The summed E-state index contributed by atoms with van der Waals surface area (Å²) in [7, 11) is 0. The lowest BCUT2D eigenvalue weighted by molar-refractivity contribution is -0.135. The molecule has 1 N–H and O–H groups in total. The highest BCUT2D eigenvalue weighted by molar-refractivity contribution is 5.84. The molecule has 0 spiro atoms. The Balaban J connectivity index is 1.87. The summed E-state index contributed by atoms with van der Waals surface area (Å²) in [5.41, 5.74) is 1.17. The second-order valence-corrected chi connectivity index (χ2v) is 6.05. The van der Waals surface area contributed by atoms with E-state index in [9.17, 15) is 4.79 Å². The number of carbonyl (C=O) groups excluding carboxylic acids is 1. The third-order valence-corrected chi connectivity index (χ3v) is 4.56. The fraction of sp³-hybridized carbons (Fsp3) is 0.588. The number of nitrogens with one attached hydrogen (secondary N) is 1. The maximum atomic E-state index is 12.7. The van der Waals surface area contributed by atoms with Gasteiger partial charge in [-0.25, -0.2) is 0 Å². The number of carbonyl (C=O) groups is 1. The normalized spacial score (nSPS) is 33.4. The maximum absolute atomic E-state index is 12.7. The minimum Gasteiger partial charge on any atom is -0.378 e. The van der Waals surface area contributed by atoms with Crippen molar-refractivity contribution < 1.29 is 9.53 Å². The first-order valence-electron chi connectivity index (χ1n) is 7.95. The monoisotopic (exact) mass is 288 g/mol. The molecule has 1 amide bonds. The van der Waals surface area contributed by atoms with E-state index in [1.54, 1.807) is 0 Å². The predicted molar refractivity (Wildman–Crippen MR) is 81.7 cm³/mol. The smallest absolute Gasteiger partial charge is 0.241 e. The summed E-state index contributed by atoms with van der Waals surface area (Å²) in [6.07, 6.45) is 2.91. The molecule has 1 aromatic carbocycles. The van der Waals surface area contributed by atoms with Crippen molar-refractivity contribution in [1.29, 1.82) is 0 Å². The van der Waals surface area contributed by atoms with Gasteiger partial charge in [0, 0.05) is 12.6 Å². The van der Waals surface area contributed by atoms with Crippen LogP contribution in [0.15, 0.2) is 30.3 Å². The van der Waals surface area contributed by atoms with Gasteiger partial charge in [0.2, 0.25) is 5.91 Å². The van der Waals surface area contributed by atoms with Crippen LogP contribution in [0.25, 0.3) is 0 Å². The molecule has 0 saturated carbocycles. The van der Waals surface area contributed by atoms with E-state index in [-0.39, 0.29) is 30.3 Å². The fourth-order valence-corrected chi connectivity index (χ4v) is 3.45. The first kappa shape index (κ1) is 14.5. The molecule has 4 nitrogen and oxygen atoms in total. The molecular weight excluding hydrogens is 264 g/mol. The third kappa shape index (κ3) is 2.83. The van der Waals surface area contributed by atoms with Crippen LogP contribution in [0.2, 0.25) is 0 Å². The van der Waals surface area contributed by atoms with Gasteiger partial charge in [-0.1, -0.05) is 37.3 Å². The molecule has 2 heterocycles. The molecule has 21 heavy (non-hydrogen) atoms. The van der Waals surface area contributed by atoms with Crippen molar-refractivity contribution in [3.05, 3.63) is 35.9 Å². The fourth-order valence-electron chi connectivity index (χ4n) is 3.45. The molecule has 4 unspecified atom stereocenters. The third-order valence-electron chi connectivity index (χ3n) is 4.56. The van der Waals surface area contributed by atoms with Crippen molar-refractivity contribution in [3.63, 3.8) is 0 Å². The van der Waals surface area contributed by atoms with Crippen molar-refractivity contribution >= 4 is 5.91 Å². The lowest BCUT2D eigenvalue weighted by Crippen LogP contribution is -2.45. The second-order valence-electron chi connectivity index (χ2n) is 6.05. The first-order chi connectivity index (χ1) is 10.2. The average Bonchev–Trinajstić information content (AvgIpc) is 2.85. The maximum Gasteiger partial charge on any atom is 0.241 e. The van der Waals surface area contributed by atoms with Crippen molar-refractivity contribution in [3.8, 4) is 0 Å². The van der Waals surface area contributed by atoms with E-state index in [1.807, 2.05) is 18.2 Å². The SMILES string of the molecule is CCC1NC(c2ccccc2)N(C2CCOC(C)C2)C1=O. The van der Waals surface area contributed by atoms with E-state index < -0.39 is 0 Å². The quantitative estimate of drug-likeness (QED) is 0.929. The van der Waals surface area contributed by atoms with Crippen molar-refractivity contribution in [1.82, 2.24) is 10.2 Å². The van der Waals surface area contributed by atoms with Gasteiger partial charge in [0.05, 0.1) is 12.1 Å². The van der Waals surface area contributed by atoms with Gasteiger partial charge in [-0.3, -0.25) is 10.1 Å². The molecule has 0 radical (unpaired) electrons. The van der Waals surface area contributed by atoms with Crippen LogP contribution < -0.4 is 5.32 Å². The number of ether oxygens (including phenoxy) is 1. The molecule has 2 aliphatic rings. The van der Waals surface area contributed by atoms with E-state index >= 15 is 0 Å². The van der Waals surface area contributed by atoms with Gasteiger partial charge in [-0.15, -0.1) is 0 Å². The molecule has 0 aliphatic carbocycles. The largest absolute Gasteiger partial charge is 0.378 e. The van der Waals surface area contributed by atoms with Crippen LogP contribution in [0.1, 0.15) is 44.8 Å². The summed E-state index contributed by atoms with van der Waals surface area (Å²) in [4.78, 5) is 14.8. The molecule has 4 atom stereocenters. The number of hydrogen-bond acceptors (Lipinski definition) is 3.